The Hall–Kier alpha value is -1.60. The summed E-state index contributed by atoms with van der Waals surface area (Å²) in [5, 5.41) is 0.0229. The van der Waals surface area contributed by atoms with Crippen LogP contribution in [0.4, 0.5) is 4.79 Å². The molecule has 1 aliphatic rings. The second kappa shape index (κ2) is 5.15. The van der Waals surface area contributed by atoms with Crippen LogP contribution in [0, 0.1) is 0 Å². The van der Waals surface area contributed by atoms with Crippen molar-refractivity contribution in [3.8, 4) is 0 Å². The Kier molecular flexibility index (Phi) is 3.60. The van der Waals surface area contributed by atoms with Crippen molar-refractivity contribution in [1.82, 2.24) is 15.3 Å². The van der Waals surface area contributed by atoms with Gasteiger partial charge in [-0.3, -0.25) is 20.0 Å². The van der Waals surface area contributed by atoms with E-state index in [4.69, 9.17) is 5.84 Å². The Balaban J connectivity index is 2.20. The van der Waals surface area contributed by atoms with Crippen molar-refractivity contribution in [2.75, 3.05) is 12.3 Å². The standard InChI is InChI=1S/C10H12N4O2S/c11-13-9(15)7-2-1-3-12-8(7)6-14-4-5-17-10(14)16/h1-3H,4-6,11H2,(H,13,15). The summed E-state index contributed by atoms with van der Waals surface area (Å²) in [7, 11) is 0. The third-order valence-electron chi connectivity index (χ3n) is 2.45. The van der Waals surface area contributed by atoms with Gasteiger partial charge in [-0.1, -0.05) is 11.8 Å². The Morgan fingerprint density at radius 3 is 3.12 bits per heavy atom. The number of hydrogen-bond donors (Lipinski definition) is 2. The highest BCUT2D eigenvalue weighted by molar-refractivity contribution is 8.13. The van der Waals surface area contributed by atoms with E-state index in [0.29, 0.717) is 24.3 Å². The van der Waals surface area contributed by atoms with Crippen molar-refractivity contribution in [3.63, 3.8) is 0 Å². The van der Waals surface area contributed by atoms with Gasteiger partial charge in [-0.25, -0.2) is 5.84 Å². The van der Waals surface area contributed by atoms with Crippen LogP contribution in [0.3, 0.4) is 0 Å². The summed E-state index contributed by atoms with van der Waals surface area (Å²) < 4.78 is 0. The molecule has 2 heterocycles. The van der Waals surface area contributed by atoms with E-state index < -0.39 is 5.91 Å². The van der Waals surface area contributed by atoms with Crippen LogP contribution in [0.5, 0.6) is 0 Å². The van der Waals surface area contributed by atoms with Crippen molar-refractivity contribution < 1.29 is 9.59 Å². The topological polar surface area (TPSA) is 88.3 Å². The van der Waals surface area contributed by atoms with Gasteiger partial charge < -0.3 is 4.90 Å². The zero-order chi connectivity index (χ0) is 12.3. The SMILES string of the molecule is NNC(=O)c1cccnc1CN1CCSC1=O. The number of nitrogens with two attached hydrogens (primary N) is 1. The maximum absolute atomic E-state index is 11.5. The second-order valence-electron chi connectivity index (χ2n) is 3.51. The minimum Gasteiger partial charge on any atom is -0.327 e. The van der Waals surface area contributed by atoms with Crippen LogP contribution in [-0.4, -0.2) is 33.3 Å². The van der Waals surface area contributed by atoms with Crippen LogP contribution < -0.4 is 11.3 Å². The fourth-order valence-electron chi connectivity index (χ4n) is 1.60. The lowest BCUT2D eigenvalue weighted by Gasteiger charge is -2.15. The van der Waals surface area contributed by atoms with E-state index in [1.807, 2.05) is 0 Å². The molecule has 17 heavy (non-hydrogen) atoms. The molecule has 90 valence electrons. The molecule has 2 amide bonds. The molecule has 0 radical (unpaired) electrons. The van der Waals surface area contributed by atoms with Crippen molar-refractivity contribution >= 4 is 22.9 Å². The second-order valence-corrected chi connectivity index (χ2v) is 4.55. The monoisotopic (exact) mass is 252 g/mol. The molecule has 2 rings (SSSR count). The van der Waals surface area contributed by atoms with E-state index in [2.05, 4.69) is 10.4 Å². The molecule has 0 bridgehead atoms. The van der Waals surface area contributed by atoms with Crippen molar-refractivity contribution in [2.45, 2.75) is 6.54 Å². The Labute approximate surface area is 103 Å². The number of amides is 2. The van der Waals surface area contributed by atoms with Gasteiger partial charge in [-0.05, 0) is 12.1 Å². The summed E-state index contributed by atoms with van der Waals surface area (Å²) in [4.78, 5) is 28.8. The van der Waals surface area contributed by atoms with Gasteiger partial charge in [0.2, 0.25) is 0 Å². The van der Waals surface area contributed by atoms with Crippen LogP contribution in [0.25, 0.3) is 0 Å². The summed E-state index contributed by atoms with van der Waals surface area (Å²) in [6.45, 7) is 1.03. The number of hydrazine groups is 1. The molecule has 0 aromatic carbocycles. The largest absolute Gasteiger partial charge is 0.327 e. The molecule has 6 nitrogen and oxygen atoms in total. The van der Waals surface area contributed by atoms with E-state index in [-0.39, 0.29) is 5.24 Å². The molecular weight excluding hydrogens is 240 g/mol. The van der Waals surface area contributed by atoms with Crippen molar-refractivity contribution in [2.24, 2.45) is 5.84 Å². The highest BCUT2D eigenvalue weighted by atomic mass is 32.2. The minimum atomic E-state index is -0.396. The number of hydrogen-bond acceptors (Lipinski definition) is 5. The fourth-order valence-corrected chi connectivity index (χ4v) is 2.42. The van der Waals surface area contributed by atoms with Crippen molar-refractivity contribution in [1.29, 1.82) is 0 Å². The van der Waals surface area contributed by atoms with Gasteiger partial charge in [0.15, 0.2) is 0 Å². The van der Waals surface area contributed by atoms with E-state index in [9.17, 15) is 9.59 Å². The highest BCUT2D eigenvalue weighted by Gasteiger charge is 2.23. The first-order valence-corrected chi connectivity index (χ1v) is 6.07. The summed E-state index contributed by atoms with van der Waals surface area (Å²) in [6, 6.07) is 3.30. The summed E-state index contributed by atoms with van der Waals surface area (Å²) >= 11 is 1.28. The fraction of sp³-hybridized carbons (Fsp3) is 0.300. The molecule has 1 aliphatic heterocycles. The number of carbonyl (C=O) groups excluding carboxylic acids is 2. The Morgan fingerprint density at radius 1 is 1.65 bits per heavy atom. The van der Waals surface area contributed by atoms with Crippen LogP contribution in [0.2, 0.25) is 0 Å². The molecular formula is C10H12N4O2S. The van der Waals surface area contributed by atoms with Gasteiger partial charge in [0.25, 0.3) is 11.1 Å². The third kappa shape index (κ3) is 2.56. The predicted molar refractivity (Wildman–Crippen MR) is 64.2 cm³/mol. The number of nitrogen functional groups attached to an aromatic ring is 1. The van der Waals surface area contributed by atoms with Crippen LogP contribution in [-0.2, 0) is 6.54 Å². The minimum absolute atomic E-state index is 0.0229. The van der Waals surface area contributed by atoms with Crippen LogP contribution in [0.1, 0.15) is 16.1 Å². The first kappa shape index (κ1) is 11.9. The summed E-state index contributed by atoms with van der Waals surface area (Å²) in [5.74, 6) is 5.48. The molecule has 7 heteroatoms. The van der Waals surface area contributed by atoms with E-state index in [0.717, 1.165) is 5.75 Å². The predicted octanol–water partition coefficient (Wildman–Crippen LogP) is 0.354. The number of nitrogens with zero attached hydrogens (tertiary/aromatic N) is 2. The normalized spacial score (nSPS) is 15.1. The zero-order valence-corrected chi connectivity index (χ0v) is 9.87. The van der Waals surface area contributed by atoms with Gasteiger partial charge in [0, 0.05) is 18.5 Å². The molecule has 0 atom stereocenters. The highest BCUT2D eigenvalue weighted by Crippen LogP contribution is 2.20. The first-order valence-electron chi connectivity index (χ1n) is 5.09. The lowest BCUT2D eigenvalue weighted by Crippen LogP contribution is -2.32. The van der Waals surface area contributed by atoms with Gasteiger partial charge in [0.1, 0.15) is 0 Å². The van der Waals surface area contributed by atoms with Crippen LogP contribution >= 0.6 is 11.8 Å². The average molecular weight is 252 g/mol. The summed E-state index contributed by atoms with van der Waals surface area (Å²) in [6.07, 6.45) is 1.59. The number of thioether (sulfide) groups is 1. The molecule has 1 saturated heterocycles. The molecule has 1 fully saturated rings. The van der Waals surface area contributed by atoms with Crippen LogP contribution in [0.15, 0.2) is 18.3 Å². The van der Waals surface area contributed by atoms with Crippen molar-refractivity contribution in [3.05, 3.63) is 29.6 Å². The number of carbonyl (C=O) groups is 2. The summed E-state index contributed by atoms with van der Waals surface area (Å²) in [5.41, 5.74) is 3.03. The van der Waals surface area contributed by atoms with E-state index in [1.54, 1.807) is 23.2 Å². The van der Waals surface area contributed by atoms with Gasteiger partial charge in [-0.15, -0.1) is 0 Å². The molecule has 1 aromatic rings. The molecule has 0 aliphatic carbocycles. The quantitative estimate of drug-likeness (QED) is 0.460. The van der Waals surface area contributed by atoms with E-state index in [1.165, 1.54) is 11.8 Å². The smallest absolute Gasteiger partial charge is 0.282 e. The third-order valence-corrected chi connectivity index (χ3v) is 3.34. The maximum Gasteiger partial charge on any atom is 0.282 e. The molecule has 1 aromatic heterocycles. The van der Waals surface area contributed by atoms with Gasteiger partial charge >= 0.3 is 0 Å². The number of aromatic nitrogens is 1. The van der Waals surface area contributed by atoms with E-state index >= 15 is 0 Å². The number of pyridine rings is 1. The van der Waals surface area contributed by atoms with Gasteiger partial charge in [0.05, 0.1) is 17.8 Å². The Bertz CT molecular complexity index is 452. The first-order chi connectivity index (χ1) is 8.22. The lowest BCUT2D eigenvalue weighted by molar-refractivity contribution is 0.0951. The Morgan fingerprint density at radius 2 is 2.47 bits per heavy atom. The lowest BCUT2D eigenvalue weighted by atomic mass is 10.1. The maximum atomic E-state index is 11.5. The van der Waals surface area contributed by atoms with Gasteiger partial charge in [-0.2, -0.15) is 0 Å². The molecule has 0 saturated carbocycles. The average Bonchev–Trinajstić information content (AvgIpc) is 2.75. The molecule has 3 N–H and O–H groups in total. The molecule has 0 spiro atoms. The number of nitrogens with one attached hydrogen (secondary N) is 1. The molecule has 0 unspecified atom stereocenters. The zero-order valence-electron chi connectivity index (χ0n) is 9.05. The number of rotatable bonds is 3.